The Hall–Kier alpha value is -1.96. The number of carbonyl (C=O) groups is 2. The number of carboxylic acid groups (broad SMARTS) is 1. The minimum Gasteiger partial charge on any atom is -0.476 e. The van der Waals surface area contributed by atoms with Crippen molar-refractivity contribution in [1.29, 1.82) is 0 Å². The molecule has 0 unspecified atom stereocenters. The summed E-state index contributed by atoms with van der Waals surface area (Å²) in [5, 5.41) is 21.6. The number of nitrogens with zero attached hydrogens (tertiary/aromatic N) is 3. The molecule has 1 aliphatic rings. The molecule has 104 valence electrons. The predicted octanol–water partition coefficient (Wildman–Crippen LogP) is -0.908. The minimum atomic E-state index is -1.11. The summed E-state index contributed by atoms with van der Waals surface area (Å²) in [4.78, 5) is 22.0. The van der Waals surface area contributed by atoms with Gasteiger partial charge in [-0.15, -0.1) is 5.10 Å². The first-order valence-corrected chi connectivity index (χ1v) is 6.26. The zero-order valence-corrected chi connectivity index (χ0v) is 10.5. The van der Waals surface area contributed by atoms with E-state index in [0.717, 1.165) is 12.5 Å². The highest BCUT2D eigenvalue weighted by Crippen LogP contribution is 2.27. The molecule has 0 radical (unpaired) electrons. The van der Waals surface area contributed by atoms with Crippen molar-refractivity contribution in [3.63, 3.8) is 0 Å². The van der Waals surface area contributed by atoms with Crippen molar-refractivity contribution >= 4 is 11.9 Å². The number of rotatable bonds is 8. The van der Waals surface area contributed by atoms with E-state index in [9.17, 15) is 9.59 Å². The van der Waals surface area contributed by atoms with Gasteiger partial charge in [-0.05, 0) is 25.3 Å². The van der Waals surface area contributed by atoms with Gasteiger partial charge in [-0.3, -0.25) is 4.79 Å². The van der Waals surface area contributed by atoms with Crippen LogP contribution in [0, 0.1) is 5.92 Å². The fourth-order valence-corrected chi connectivity index (χ4v) is 1.59. The number of carbonyl (C=O) groups excluding carboxylic acids is 1. The highest BCUT2D eigenvalue weighted by atomic mass is 16.4. The van der Waals surface area contributed by atoms with E-state index in [2.05, 4.69) is 20.9 Å². The highest BCUT2D eigenvalue weighted by Gasteiger charge is 2.20. The maximum atomic E-state index is 11.4. The van der Waals surface area contributed by atoms with E-state index in [1.54, 1.807) is 0 Å². The van der Waals surface area contributed by atoms with Gasteiger partial charge in [0.1, 0.15) is 0 Å². The number of nitrogens with one attached hydrogen (secondary N) is 2. The fourth-order valence-electron chi connectivity index (χ4n) is 1.59. The van der Waals surface area contributed by atoms with E-state index < -0.39 is 5.97 Å². The summed E-state index contributed by atoms with van der Waals surface area (Å²) in [6.07, 6.45) is 3.85. The van der Waals surface area contributed by atoms with Crippen LogP contribution in [0.25, 0.3) is 0 Å². The lowest BCUT2D eigenvalue weighted by atomic mass is 10.4. The molecule has 0 aromatic carbocycles. The Balaban J connectivity index is 1.59. The second-order valence-electron chi connectivity index (χ2n) is 4.60. The van der Waals surface area contributed by atoms with Crippen LogP contribution in [0.1, 0.15) is 23.3 Å². The lowest BCUT2D eigenvalue weighted by Gasteiger charge is -2.05. The van der Waals surface area contributed by atoms with Gasteiger partial charge >= 0.3 is 5.97 Å². The smallest absolute Gasteiger partial charge is 0.358 e. The van der Waals surface area contributed by atoms with Crippen molar-refractivity contribution in [1.82, 2.24) is 25.6 Å². The average Bonchev–Trinajstić information content (AvgIpc) is 3.05. The summed E-state index contributed by atoms with van der Waals surface area (Å²) in [5.74, 6) is -0.434. The molecule has 1 aromatic heterocycles. The van der Waals surface area contributed by atoms with Gasteiger partial charge in [0.15, 0.2) is 5.69 Å². The molecule has 1 fully saturated rings. The first-order valence-electron chi connectivity index (χ1n) is 6.26. The summed E-state index contributed by atoms with van der Waals surface area (Å²) >= 11 is 0. The van der Waals surface area contributed by atoms with E-state index >= 15 is 0 Å². The number of carboxylic acids is 1. The van der Waals surface area contributed by atoms with Crippen LogP contribution >= 0.6 is 0 Å². The molecule has 8 nitrogen and oxygen atoms in total. The largest absolute Gasteiger partial charge is 0.476 e. The summed E-state index contributed by atoms with van der Waals surface area (Å²) in [6, 6.07) is 0. The standard InChI is InChI=1S/C11H17N5O3/c17-10(6-12-5-8-1-2-8)13-3-4-16-7-9(11(18)19)14-15-16/h7-8,12H,1-6H2,(H,13,17)(H,18,19). The average molecular weight is 267 g/mol. The zero-order chi connectivity index (χ0) is 13.7. The Morgan fingerprint density at radius 2 is 2.26 bits per heavy atom. The van der Waals surface area contributed by atoms with Crippen molar-refractivity contribution in [2.24, 2.45) is 5.92 Å². The van der Waals surface area contributed by atoms with Gasteiger partial charge in [-0.25, -0.2) is 9.48 Å². The molecule has 8 heteroatoms. The van der Waals surface area contributed by atoms with Crippen LogP contribution in [0.15, 0.2) is 6.20 Å². The van der Waals surface area contributed by atoms with Crippen LogP contribution in [0.5, 0.6) is 0 Å². The van der Waals surface area contributed by atoms with Gasteiger partial charge in [-0.2, -0.15) is 0 Å². The molecule has 19 heavy (non-hydrogen) atoms. The van der Waals surface area contributed by atoms with E-state index in [1.165, 1.54) is 23.7 Å². The monoisotopic (exact) mass is 267 g/mol. The molecule has 1 heterocycles. The van der Waals surface area contributed by atoms with Crippen molar-refractivity contribution in [3.8, 4) is 0 Å². The number of amides is 1. The van der Waals surface area contributed by atoms with Crippen LogP contribution in [0.3, 0.4) is 0 Å². The van der Waals surface area contributed by atoms with Gasteiger partial charge in [0, 0.05) is 6.54 Å². The first kappa shape index (κ1) is 13.5. The van der Waals surface area contributed by atoms with Gasteiger partial charge in [0.05, 0.1) is 19.3 Å². The number of aromatic carboxylic acids is 1. The molecule has 0 saturated heterocycles. The van der Waals surface area contributed by atoms with Gasteiger partial charge in [-0.1, -0.05) is 5.21 Å². The second kappa shape index (κ2) is 6.28. The Morgan fingerprint density at radius 3 is 2.89 bits per heavy atom. The van der Waals surface area contributed by atoms with E-state index in [0.29, 0.717) is 19.6 Å². The first-order chi connectivity index (χ1) is 9.15. The van der Waals surface area contributed by atoms with Crippen molar-refractivity contribution in [2.45, 2.75) is 19.4 Å². The van der Waals surface area contributed by atoms with Crippen molar-refractivity contribution < 1.29 is 14.7 Å². The molecule has 1 aliphatic carbocycles. The number of hydrogen-bond donors (Lipinski definition) is 3. The molecular weight excluding hydrogens is 250 g/mol. The second-order valence-corrected chi connectivity index (χ2v) is 4.60. The van der Waals surface area contributed by atoms with Crippen LogP contribution < -0.4 is 10.6 Å². The molecule has 0 atom stereocenters. The highest BCUT2D eigenvalue weighted by molar-refractivity contribution is 5.84. The molecule has 0 bridgehead atoms. The van der Waals surface area contributed by atoms with E-state index in [1.807, 2.05) is 0 Å². The number of hydrogen-bond acceptors (Lipinski definition) is 5. The van der Waals surface area contributed by atoms with E-state index in [-0.39, 0.29) is 11.6 Å². The summed E-state index contributed by atoms with van der Waals surface area (Å²) < 4.78 is 1.39. The molecule has 3 N–H and O–H groups in total. The van der Waals surface area contributed by atoms with E-state index in [4.69, 9.17) is 5.11 Å². The summed E-state index contributed by atoms with van der Waals surface area (Å²) in [5.41, 5.74) is -0.0996. The fraction of sp³-hybridized carbons (Fsp3) is 0.636. The maximum Gasteiger partial charge on any atom is 0.358 e. The molecule has 0 spiro atoms. The Bertz CT molecular complexity index is 455. The Labute approximate surface area is 110 Å². The molecule has 1 aromatic rings. The zero-order valence-electron chi connectivity index (χ0n) is 10.5. The summed E-state index contributed by atoms with van der Waals surface area (Å²) in [6.45, 7) is 2.01. The van der Waals surface area contributed by atoms with Crippen LogP contribution in [-0.4, -0.2) is 51.6 Å². The van der Waals surface area contributed by atoms with Crippen LogP contribution in [0.2, 0.25) is 0 Å². The molecule has 1 saturated carbocycles. The third-order valence-corrected chi connectivity index (χ3v) is 2.84. The van der Waals surface area contributed by atoms with Crippen LogP contribution in [-0.2, 0) is 11.3 Å². The summed E-state index contributed by atoms with van der Waals surface area (Å²) in [7, 11) is 0. The quantitative estimate of drug-likeness (QED) is 0.562. The third kappa shape index (κ3) is 4.66. The van der Waals surface area contributed by atoms with Crippen molar-refractivity contribution in [2.75, 3.05) is 19.6 Å². The predicted molar refractivity (Wildman–Crippen MR) is 65.6 cm³/mol. The van der Waals surface area contributed by atoms with Crippen LogP contribution in [0.4, 0.5) is 0 Å². The van der Waals surface area contributed by atoms with Gasteiger partial charge in [0.25, 0.3) is 0 Å². The maximum absolute atomic E-state index is 11.4. The normalized spacial score (nSPS) is 14.3. The lowest BCUT2D eigenvalue weighted by Crippen LogP contribution is -2.36. The van der Waals surface area contributed by atoms with Crippen molar-refractivity contribution in [3.05, 3.63) is 11.9 Å². The Kier molecular flexibility index (Phi) is 4.45. The molecule has 0 aliphatic heterocycles. The lowest BCUT2D eigenvalue weighted by molar-refractivity contribution is -0.120. The van der Waals surface area contributed by atoms with Gasteiger partial charge in [0.2, 0.25) is 5.91 Å². The van der Waals surface area contributed by atoms with Gasteiger partial charge < -0.3 is 15.7 Å². The minimum absolute atomic E-state index is 0.0702. The number of aromatic nitrogens is 3. The SMILES string of the molecule is O=C(CNCC1CC1)NCCn1cc(C(=O)O)nn1. The molecular formula is C11H17N5O3. The Morgan fingerprint density at radius 1 is 1.47 bits per heavy atom. The topological polar surface area (TPSA) is 109 Å². The molecule has 1 amide bonds. The third-order valence-electron chi connectivity index (χ3n) is 2.84. The molecule has 2 rings (SSSR count).